The fourth-order valence-corrected chi connectivity index (χ4v) is 5.09. The quantitative estimate of drug-likeness (QED) is 0.487. The summed E-state index contributed by atoms with van der Waals surface area (Å²) >= 11 is 0. The van der Waals surface area contributed by atoms with Crippen LogP contribution in [0, 0.1) is 6.92 Å². The Labute approximate surface area is 192 Å². The predicted molar refractivity (Wildman–Crippen MR) is 127 cm³/mol. The minimum absolute atomic E-state index is 0.259. The number of hydrogen-bond acceptors (Lipinski definition) is 6. The minimum atomic E-state index is -3.65. The highest BCUT2D eigenvalue weighted by molar-refractivity contribution is 7.89. The largest absolute Gasteiger partial charge is 0.321 e. The molecule has 9 heteroatoms. The average Bonchev–Trinajstić information content (AvgIpc) is 3.17. The first-order valence-corrected chi connectivity index (χ1v) is 13.0. The van der Waals surface area contributed by atoms with Gasteiger partial charge in [-0.25, -0.2) is 28.1 Å². The lowest BCUT2D eigenvalue weighted by molar-refractivity contribution is 0.0982. The van der Waals surface area contributed by atoms with Crippen LogP contribution in [-0.2, 0) is 10.0 Å². The lowest BCUT2D eigenvalue weighted by atomic mass is 9.94. The van der Waals surface area contributed by atoms with Crippen LogP contribution in [0.25, 0.3) is 33.3 Å². The van der Waals surface area contributed by atoms with Gasteiger partial charge in [0.15, 0.2) is 0 Å². The molecule has 2 aromatic carbocycles. The monoisotopic (exact) mass is 463 g/mol. The van der Waals surface area contributed by atoms with Crippen molar-refractivity contribution >= 4 is 37.9 Å². The van der Waals surface area contributed by atoms with Gasteiger partial charge in [-0.2, -0.15) is 0 Å². The zero-order chi connectivity index (χ0) is 23.2. The maximum atomic E-state index is 12.4. The van der Waals surface area contributed by atoms with Gasteiger partial charge in [0, 0.05) is 28.8 Å². The molecule has 8 nitrogen and oxygen atoms in total. The lowest BCUT2D eigenvalue weighted by Gasteiger charge is -2.25. The van der Waals surface area contributed by atoms with Gasteiger partial charge in [-0.05, 0) is 44.0 Å². The molecular weight excluding hydrogens is 438 g/mol. The second-order valence-corrected chi connectivity index (χ2v) is 10.4. The predicted octanol–water partition coefficient (Wildman–Crippen LogP) is 4.15. The van der Waals surface area contributed by atoms with E-state index >= 15 is 0 Å². The van der Waals surface area contributed by atoms with Crippen LogP contribution in [0.1, 0.15) is 54.3 Å². The van der Waals surface area contributed by atoms with Gasteiger partial charge >= 0.3 is 0 Å². The summed E-state index contributed by atoms with van der Waals surface area (Å²) in [5.74, 6) is 0.878. The van der Waals surface area contributed by atoms with E-state index in [0.717, 1.165) is 46.9 Å². The van der Waals surface area contributed by atoms with Crippen LogP contribution in [0.2, 0.25) is 0 Å². The van der Waals surface area contributed by atoms with Crippen molar-refractivity contribution in [3.05, 3.63) is 54.0 Å². The summed E-state index contributed by atoms with van der Waals surface area (Å²) in [7, 11) is -3.65. The van der Waals surface area contributed by atoms with Crippen molar-refractivity contribution in [3.63, 3.8) is 0 Å². The molecule has 1 aliphatic rings. The molecular formula is C24H25N5O3S. The number of nitrogens with zero attached hydrogens (tertiary/aromatic N) is 4. The SMILES string of the molecule is Cc1ncc2ccc(-c3nc4cc(C(=O)NS(C)(=O)=O)ccc4n3C3CCCCC3)cc2n1. The van der Waals surface area contributed by atoms with E-state index < -0.39 is 15.9 Å². The van der Waals surface area contributed by atoms with E-state index in [1.54, 1.807) is 12.1 Å². The van der Waals surface area contributed by atoms with E-state index in [1.807, 2.05) is 42.1 Å². The Hall–Kier alpha value is -3.33. The van der Waals surface area contributed by atoms with Gasteiger partial charge in [0.1, 0.15) is 11.6 Å². The average molecular weight is 464 g/mol. The third kappa shape index (κ3) is 4.32. The van der Waals surface area contributed by atoms with Crippen molar-refractivity contribution in [2.45, 2.75) is 45.1 Å². The number of sulfonamides is 1. The van der Waals surface area contributed by atoms with Crippen molar-refractivity contribution in [2.24, 2.45) is 0 Å². The molecule has 5 rings (SSSR count). The van der Waals surface area contributed by atoms with Gasteiger partial charge in [0.05, 0.1) is 22.8 Å². The van der Waals surface area contributed by atoms with Gasteiger partial charge in [0.25, 0.3) is 5.91 Å². The zero-order valence-corrected chi connectivity index (χ0v) is 19.4. The topological polar surface area (TPSA) is 107 Å². The Bertz CT molecular complexity index is 1490. The Morgan fingerprint density at radius 3 is 2.58 bits per heavy atom. The Kier molecular flexibility index (Phi) is 5.36. The van der Waals surface area contributed by atoms with Crippen molar-refractivity contribution in [2.75, 3.05) is 6.26 Å². The van der Waals surface area contributed by atoms with Crippen molar-refractivity contribution in [1.29, 1.82) is 0 Å². The maximum Gasteiger partial charge on any atom is 0.264 e. The van der Waals surface area contributed by atoms with E-state index in [0.29, 0.717) is 17.4 Å². The summed E-state index contributed by atoms with van der Waals surface area (Å²) in [4.78, 5) is 26.2. The zero-order valence-electron chi connectivity index (χ0n) is 18.6. The fraction of sp³-hybridized carbons (Fsp3) is 0.333. The van der Waals surface area contributed by atoms with Crippen molar-refractivity contribution < 1.29 is 13.2 Å². The van der Waals surface area contributed by atoms with Crippen molar-refractivity contribution in [1.82, 2.24) is 24.2 Å². The number of aryl methyl sites for hydroxylation is 1. The first-order chi connectivity index (χ1) is 15.8. The summed E-state index contributed by atoms with van der Waals surface area (Å²) in [6, 6.07) is 11.6. The van der Waals surface area contributed by atoms with E-state index in [1.165, 1.54) is 19.3 Å². The number of fused-ring (bicyclic) bond motifs is 2. The number of imidazole rings is 1. The highest BCUT2D eigenvalue weighted by Crippen LogP contribution is 2.36. The summed E-state index contributed by atoms with van der Waals surface area (Å²) in [5, 5.41) is 0.962. The molecule has 170 valence electrons. The smallest absolute Gasteiger partial charge is 0.264 e. The summed E-state index contributed by atoms with van der Waals surface area (Å²) < 4.78 is 27.3. The highest BCUT2D eigenvalue weighted by Gasteiger charge is 2.23. The van der Waals surface area contributed by atoms with Crippen LogP contribution in [0.4, 0.5) is 0 Å². The number of aromatic nitrogens is 4. The fourth-order valence-electron chi connectivity index (χ4n) is 4.63. The van der Waals surface area contributed by atoms with Gasteiger partial charge in [0.2, 0.25) is 10.0 Å². The second kappa shape index (κ2) is 8.22. The Morgan fingerprint density at radius 1 is 1.03 bits per heavy atom. The Balaban J connectivity index is 1.67. The molecule has 2 aromatic heterocycles. The van der Waals surface area contributed by atoms with Crippen LogP contribution in [-0.4, -0.2) is 40.1 Å². The summed E-state index contributed by atoms with van der Waals surface area (Å²) in [5.41, 5.74) is 3.66. The lowest BCUT2D eigenvalue weighted by Crippen LogP contribution is -2.29. The van der Waals surface area contributed by atoms with Gasteiger partial charge in [-0.15, -0.1) is 0 Å². The first-order valence-electron chi connectivity index (χ1n) is 11.1. The van der Waals surface area contributed by atoms with Crippen LogP contribution in [0.3, 0.4) is 0 Å². The number of hydrogen-bond donors (Lipinski definition) is 1. The molecule has 2 heterocycles. The molecule has 0 bridgehead atoms. The molecule has 1 amide bonds. The Morgan fingerprint density at radius 2 is 1.82 bits per heavy atom. The third-order valence-corrected chi connectivity index (χ3v) is 6.69. The minimum Gasteiger partial charge on any atom is -0.321 e. The number of carbonyl (C=O) groups is 1. The van der Waals surface area contributed by atoms with Crippen LogP contribution in [0.5, 0.6) is 0 Å². The molecule has 1 saturated carbocycles. The maximum absolute atomic E-state index is 12.4. The third-order valence-electron chi connectivity index (χ3n) is 6.13. The van der Waals surface area contributed by atoms with Gasteiger partial charge in [-0.3, -0.25) is 4.79 Å². The standard InChI is InChI=1S/C24H25N5O3S/c1-15-25-14-18-9-8-16(12-20(18)26-15)23-27-21-13-17(24(30)28-33(2,31)32)10-11-22(21)29(23)19-6-4-3-5-7-19/h8-14,19H,3-7H2,1-2H3,(H,28,30). The second-order valence-electron chi connectivity index (χ2n) is 8.69. The van der Waals surface area contributed by atoms with Gasteiger partial charge < -0.3 is 4.57 Å². The summed E-state index contributed by atoms with van der Waals surface area (Å²) in [6.07, 6.45) is 8.50. The number of benzene rings is 2. The molecule has 4 aromatic rings. The van der Waals surface area contributed by atoms with Gasteiger partial charge in [-0.1, -0.05) is 31.4 Å². The number of amides is 1. The molecule has 0 spiro atoms. The van der Waals surface area contributed by atoms with Crippen molar-refractivity contribution in [3.8, 4) is 11.4 Å². The number of carbonyl (C=O) groups excluding carboxylic acids is 1. The molecule has 33 heavy (non-hydrogen) atoms. The van der Waals surface area contributed by atoms with E-state index in [9.17, 15) is 13.2 Å². The molecule has 0 unspecified atom stereocenters. The molecule has 1 aliphatic carbocycles. The van der Waals surface area contributed by atoms with Crippen LogP contribution >= 0.6 is 0 Å². The summed E-state index contributed by atoms with van der Waals surface area (Å²) in [6.45, 7) is 1.87. The highest BCUT2D eigenvalue weighted by atomic mass is 32.2. The first kappa shape index (κ1) is 21.5. The molecule has 0 atom stereocenters. The number of rotatable bonds is 4. The van der Waals surface area contributed by atoms with E-state index in [4.69, 9.17) is 4.98 Å². The molecule has 0 aliphatic heterocycles. The molecule has 0 radical (unpaired) electrons. The van der Waals surface area contributed by atoms with Crippen LogP contribution < -0.4 is 4.72 Å². The normalized spacial score (nSPS) is 15.2. The van der Waals surface area contributed by atoms with E-state index in [-0.39, 0.29) is 5.56 Å². The molecule has 1 fully saturated rings. The molecule has 1 N–H and O–H groups in total. The molecule has 0 saturated heterocycles. The number of nitrogens with one attached hydrogen (secondary N) is 1. The van der Waals surface area contributed by atoms with E-state index in [2.05, 4.69) is 14.5 Å². The van der Waals surface area contributed by atoms with Crippen LogP contribution in [0.15, 0.2) is 42.6 Å².